The topological polar surface area (TPSA) is 79.8 Å². The lowest BCUT2D eigenvalue weighted by Gasteiger charge is -2.38. The third-order valence-corrected chi connectivity index (χ3v) is 10.4. The van der Waals surface area contributed by atoms with Gasteiger partial charge in [-0.1, -0.05) is 48.9 Å². The smallest absolute Gasteiger partial charge is 0.251 e. The summed E-state index contributed by atoms with van der Waals surface area (Å²) in [7, 11) is 1.47. The van der Waals surface area contributed by atoms with Gasteiger partial charge in [-0.05, 0) is 50.7 Å². The first kappa shape index (κ1) is 28.6. The van der Waals surface area contributed by atoms with Crippen molar-refractivity contribution in [3.8, 4) is 22.6 Å². The summed E-state index contributed by atoms with van der Waals surface area (Å²) < 4.78 is 44.9. The molecule has 0 radical (unpaired) electrons. The minimum absolute atomic E-state index is 0.0308. The van der Waals surface area contributed by atoms with Crippen LogP contribution >= 0.6 is 11.6 Å². The molecular weight excluding hydrogens is 574 g/mol. The van der Waals surface area contributed by atoms with Crippen molar-refractivity contribution in [1.29, 1.82) is 0 Å². The first-order chi connectivity index (χ1) is 20.5. The number of carbonyl (C=O) groups is 1. The van der Waals surface area contributed by atoms with E-state index in [9.17, 15) is 9.90 Å². The molecule has 0 saturated heterocycles. The Balaban J connectivity index is 1.37. The van der Waals surface area contributed by atoms with Crippen molar-refractivity contribution in [2.45, 2.75) is 81.1 Å². The Hall–Kier alpha value is -3.20. The van der Waals surface area contributed by atoms with E-state index in [-0.39, 0.29) is 45.5 Å². The molecule has 4 atom stereocenters. The quantitative estimate of drug-likeness (QED) is 0.295. The van der Waals surface area contributed by atoms with Crippen LogP contribution in [0.15, 0.2) is 42.5 Å². The number of benzene rings is 3. The van der Waals surface area contributed by atoms with Crippen LogP contribution < -0.4 is 20.1 Å². The van der Waals surface area contributed by atoms with E-state index in [1.807, 2.05) is 44.2 Å². The summed E-state index contributed by atoms with van der Waals surface area (Å²) in [6.45, 7) is 4.24. The zero-order valence-electron chi connectivity index (χ0n) is 24.4. The second-order valence-corrected chi connectivity index (χ2v) is 13.2. The first-order valence-electron chi connectivity index (χ1n) is 15.0. The summed E-state index contributed by atoms with van der Waals surface area (Å²) in [6, 6.07) is 12.7. The molecule has 6 nitrogen and oxygen atoms in total. The molecule has 2 aliphatic heterocycles. The highest BCUT2D eigenvalue weighted by molar-refractivity contribution is 6.34. The van der Waals surface area contributed by atoms with Gasteiger partial charge in [0.1, 0.15) is 29.2 Å². The van der Waals surface area contributed by atoms with Crippen molar-refractivity contribution in [3.05, 3.63) is 81.4 Å². The van der Waals surface area contributed by atoms with Crippen molar-refractivity contribution in [2.24, 2.45) is 0 Å². The van der Waals surface area contributed by atoms with E-state index < -0.39 is 34.7 Å². The van der Waals surface area contributed by atoms with Crippen molar-refractivity contribution >= 4 is 17.5 Å². The highest BCUT2D eigenvalue weighted by Gasteiger charge is 2.53. The van der Waals surface area contributed by atoms with Crippen LogP contribution in [0.4, 0.5) is 8.78 Å². The van der Waals surface area contributed by atoms with E-state index in [0.717, 1.165) is 18.4 Å². The molecular formula is C34H35ClF2N2O4. The van der Waals surface area contributed by atoms with Crippen LogP contribution in [0.1, 0.15) is 84.8 Å². The normalized spacial score (nSPS) is 30.1. The Morgan fingerprint density at radius 1 is 1.09 bits per heavy atom. The van der Waals surface area contributed by atoms with Crippen molar-refractivity contribution in [3.63, 3.8) is 0 Å². The molecule has 9 heteroatoms. The second kappa shape index (κ2) is 10.2. The minimum Gasteiger partial charge on any atom is -0.489 e. The van der Waals surface area contributed by atoms with Crippen LogP contribution in [0.25, 0.3) is 11.1 Å². The molecule has 1 amide bonds. The van der Waals surface area contributed by atoms with Gasteiger partial charge in [0, 0.05) is 59.8 Å². The highest BCUT2D eigenvalue weighted by Crippen LogP contribution is 2.60. The molecule has 3 N–H and O–H groups in total. The number of hydrogen-bond acceptors (Lipinski definition) is 5. The van der Waals surface area contributed by atoms with Gasteiger partial charge in [-0.15, -0.1) is 0 Å². The van der Waals surface area contributed by atoms with E-state index in [2.05, 4.69) is 10.6 Å². The number of halogens is 3. The molecule has 226 valence electrons. The van der Waals surface area contributed by atoms with Crippen LogP contribution in [0, 0.1) is 11.6 Å². The lowest BCUT2D eigenvalue weighted by molar-refractivity contribution is 0.00890. The number of fused-ring (bicyclic) bond motifs is 4. The highest BCUT2D eigenvalue weighted by atomic mass is 35.5. The van der Waals surface area contributed by atoms with Crippen LogP contribution in [0.5, 0.6) is 11.5 Å². The fourth-order valence-corrected chi connectivity index (χ4v) is 7.62. The number of amides is 1. The zero-order valence-corrected chi connectivity index (χ0v) is 25.2. The van der Waals surface area contributed by atoms with Gasteiger partial charge in [-0.3, -0.25) is 4.79 Å². The lowest BCUT2D eigenvalue weighted by atomic mass is 9.76. The molecule has 0 bridgehead atoms. The fourth-order valence-electron chi connectivity index (χ4n) is 7.37. The van der Waals surface area contributed by atoms with Gasteiger partial charge in [0.15, 0.2) is 5.60 Å². The molecule has 0 spiro atoms. The lowest BCUT2D eigenvalue weighted by Crippen LogP contribution is -2.49. The Morgan fingerprint density at radius 3 is 2.51 bits per heavy atom. The SMILES string of the molecule is CNC(=O)c1cc2c(c(F)c1-c1c(Cl)c(F)cc3c1[C@H](C)[C@@](CN[C@H]1CC[C@](C)(O)CC1)(c1ccccc1)O3)C1CC1O2. The van der Waals surface area contributed by atoms with Gasteiger partial charge < -0.3 is 25.2 Å². The van der Waals surface area contributed by atoms with Gasteiger partial charge in [0.25, 0.3) is 5.91 Å². The number of ether oxygens (including phenoxy) is 2. The van der Waals surface area contributed by atoms with Crippen LogP contribution in [-0.2, 0) is 5.60 Å². The summed E-state index contributed by atoms with van der Waals surface area (Å²) in [5, 5.41) is 16.5. The monoisotopic (exact) mass is 608 g/mol. The number of carbonyl (C=O) groups excluding carboxylic acids is 1. The van der Waals surface area contributed by atoms with E-state index in [1.165, 1.54) is 13.1 Å². The summed E-state index contributed by atoms with van der Waals surface area (Å²) in [4.78, 5) is 13.2. The summed E-state index contributed by atoms with van der Waals surface area (Å²) >= 11 is 6.73. The molecule has 2 fully saturated rings. The van der Waals surface area contributed by atoms with Crippen molar-refractivity contribution in [2.75, 3.05) is 13.6 Å². The van der Waals surface area contributed by atoms with Gasteiger partial charge >= 0.3 is 0 Å². The molecule has 3 aromatic carbocycles. The van der Waals surface area contributed by atoms with E-state index in [4.69, 9.17) is 21.1 Å². The maximum absolute atomic E-state index is 16.7. The first-order valence-corrected chi connectivity index (χ1v) is 15.4. The Kier molecular flexibility index (Phi) is 6.76. The van der Waals surface area contributed by atoms with Crippen molar-refractivity contribution in [1.82, 2.24) is 10.6 Å². The van der Waals surface area contributed by atoms with Crippen LogP contribution in [0.3, 0.4) is 0 Å². The number of rotatable bonds is 6. The maximum atomic E-state index is 16.7. The number of hydrogen-bond donors (Lipinski definition) is 3. The van der Waals surface area contributed by atoms with Crippen LogP contribution in [-0.4, -0.2) is 42.4 Å². The third-order valence-electron chi connectivity index (χ3n) is 9.99. The van der Waals surface area contributed by atoms with Gasteiger partial charge in [0.2, 0.25) is 0 Å². The van der Waals surface area contributed by atoms with Crippen molar-refractivity contribution < 1.29 is 28.2 Å². The summed E-state index contributed by atoms with van der Waals surface area (Å²) in [6.07, 6.45) is 3.60. The summed E-state index contributed by atoms with van der Waals surface area (Å²) in [5.41, 5.74) is 0.352. The number of aliphatic hydroxyl groups is 1. The van der Waals surface area contributed by atoms with Gasteiger partial charge in [-0.25, -0.2) is 8.78 Å². The molecule has 2 aliphatic carbocycles. The molecule has 0 aromatic heterocycles. The minimum atomic E-state index is -0.972. The molecule has 2 saturated carbocycles. The Morgan fingerprint density at radius 2 is 1.81 bits per heavy atom. The maximum Gasteiger partial charge on any atom is 0.251 e. The molecule has 2 heterocycles. The van der Waals surface area contributed by atoms with E-state index in [0.29, 0.717) is 42.7 Å². The molecule has 4 aliphatic rings. The average molecular weight is 609 g/mol. The Labute approximate surface area is 254 Å². The van der Waals surface area contributed by atoms with E-state index in [1.54, 1.807) is 6.07 Å². The van der Waals surface area contributed by atoms with E-state index >= 15 is 8.78 Å². The molecule has 7 rings (SSSR count). The third kappa shape index (κ3) is 4.52. The van der Waals surface area contributed by atoms with Gasteiger partial charge in [0.05, 0.1) is 16.2 Å². The standard InChI is InChI=1S/C34H35ClF2N2O4/c1-17-26-25(43-34(17,18-7-5-4-6-8-18)16-39-19-9-11-33(2,41)12-10-19)15-22(36)30(35)29(26)28-21(32(40)38-3)14-24-27(31(28)37)20-13-23(20)42-24/h4-8,14-15,17,19-20,23,39,41H,9-13,16H2,1-3H3,(H,38,40)/t17-,19-,20?,23?,33-,34-/m0/s1. The fraction of sp³-hybridized carbons (Fsp3) is 0.441. The predicted molar refractivity (Wildman–Crippen MR) is 160 cm³/mol. The average Bonchev–Trinajstić information content (AvgIpc) is 3.56. The zero-order chi connectivity index (χ0) is 30.3. The summed E-state index contributed by atoms with van der Waals surface area (Å²) in [5.74, 6) is -1.76. The largest absolute Gasteiger partial charge is 0.489 e. The number of nitrogens with one attached hydrogen (secondary N) is 2. The molecule has 2 unspecified atom stereocenters. The molecule has 43 heavy (non-hydrogen) atoms. The Bertz CT molecular complexity index is 1620. The second-order valence-electron chi connectivity index (χ2n) is 12.8. The molecule has 3 aromatic rings. The van der Waals surface area contributed by atoms with Crippen LogP contribution in [0.2, 0.25) is 5.02 Å². The van der Waals surface area contributed by atoms with Gasteiger partial charge in [-0.2, -0.15) is 0 Å². The predicted octanol–water partition coefficient (Wildman–Crippen LogP) is 6.57.